The highest BCUT2D eigenvalue weighted by atomic mass is 32.2. The molecule has 1 aliphatic heterocycles. The molecule has 9 heteroatoms. The van der Waals surface area contributed by atoms with Gasteiger partial charge in [0, 0.05) is 17.8 Å². The highest BCUT2D eigenvalue weighted by molar-refractivity contribution is 7.92. The van der Waals surface area contributed by atoms with Crippen LogP contribution in [-0.2, 0) is 10.0 Å². The number of nitrogens with zero attached hydrogens (tertiary/aromatic N) is 1. The van der Waals surface area contributed by atoms with Gasteiger partial charge in [-0.15, -0.1) is 0 Å². The maximum atomic E-state index is 13.4. The van der Waals surface area contributed by atoms with Crippen molar-refractivity contribution in [1.82, 2.24) is 4.90 Å². The van der Waals surface area contributed by atoms with E-state index in [0.29, 0.717) is 18.2 Å². The molecule has 0 radical (unpaired) electrons. The number of anilines is 1. The third-order valence-corrected chi connectivity index (χ3v) is 6.98. The van der Waals surface area contributed by atoms with Crippen LogP contribution in [0.25, 0.3) is 0 Å². The predicted octanol–water partition coefficient (Wildman–Crippen LogP) is 4.75. The van der Waals surface area contributed by atoms with E-state index in [2.05, 4.69) is 4.72 Å². The van der Waals surface area contributed by atoms with Gasteiger partial charge >= 0.3 is 0 Å². The molecule has 0 spiro atoms. The van der Waals surface area contributed by atoms with Crippen molar-refractivity contribution >= 4 is 21.6 Å². The Hall–Kier alpha value is -3.46. The summed E-state index contributed by atoms with van der Waals surface area (Å²) in [4.78, 5) is 14.5. The zero-order chi connectivity index (χ0) is 23.6. The molecule has 1 saturated heterocycles. The Bertz CT molecular complexity index is 1260. The summed E-state index contributed by atoms with van der Waals surface area (Å²) in [6.07, 6.45) is 1.73. The Morgan fingerprint density at radius 1 is 1.00 bits per heavy atom. The van der Waals surface area contributed by atoms with Crippen molar-refractivity contribution in [3.05, 3.63) is 89.5 Å². The molecule has 0 aliphatic carbocycles. The summed E-state index contributed by atoms with van der Waals surface area (Å²) in [6, 6.07) is 15.9. The van der Waals surface area contributed by atoms with Gasteiger partial charge in [0.2, 0.25) is 0 Å². The monoisotopic (exact) mass is 472 g/mol. The maximum Gasteiger partial charge on any atom is 0.261 e. The van der Waals surface area contributed by atoms with E-state index >= 15 is 0 Å². The van der Waals surface area contributed by atoms with Crippen LogP contribution >= 0.6 is 0 Å². The minimum Gasteiger partial charge on any atom is -0.497 e. The minimum absolute atomic E-state index is 0.0463. The molecular weight excluding hydrogens is 450 g/mol. The first-order valence-corrected chi connectivity index (χ1v) is 11.8. The van der Waals surface area contributed by atoms with Gasteiger partial charge in [-0.25, -0.2) is 17.2 Å². The van der Waals surface area contributed by atoms with Gasteiger partial charge in [-0.2, -0.15) is 0 Å². The summed E-state index contributed by atoms with van der Waals surface area (Å²) in [6.45, 7) is 0.625. The second-order valence-corrected chi connectivity index (χ2v) is 9.37. The highest BCUT2D eigenvalue weighted by Crippen LogP contribution is 2.34. The number of rotatable bonds is 6. The molecule has 0 aromatic heterocycles. The van der Waals surface area contributed by atoms with E-state index < -0.39 is 26.6 Å². The zero-order valence-electron chi connectivity index (χ0n) is 17.8. The number of benzene rings is 3. The van der Waals surface area contributed by atoms with Crippen LogP contribution in [0.1, 0.15) is 34.8 Å². The fraction of sp³-hybridized carbons (Fsp3) is 0.208. The van der Waals surface area contributed by atoms with Crippen molar-refractivity contribution in [2.45, 2.75) is 23.8 Å². The third kappa shape index (κ3) is 4.83. The average Bonchev–Trinajstić information content (AvgIpc) is 3.30. The number of ether oxygens (including phenoxy) is 1. The number of amides is 1. The molecule has 1 N–H and O–H groups in total. The van der Waals surface area contributed by atoms with Crippen molar-refractivity contribution < 1.29 is 26.7 Å². The number of nitrogens with one attached hydrogen (secondary N) is 1. The summed E-state index contributed by atoms with van der Waals surface area (Å²) < 4.78 is 58.9. The number of likely N-dealkylation sites (tertiary alicyclic amines) is 1. The summed E-state index contributed by atoms with van der Waals surface area (Å²) in [5, 5.41) is 0. The number of carbonyl (C=O) groups is 1. The normalized spacial score (nSPS) is 16.0. The molecule has 1 heterocycles. The number of hydrogen-bond donors (Lipinski definition) is 1. The molecule has 1 amide bonds. The standard InChI is InChI=1S/C24H22F2N2O4S/c1-32-19-10-6-16(7-11-19)23-3-2-14-28(23)24(29)17-4-8-18(9-5-17)27-33(30,31)20-12-13-21(25)22(26)15-20/h4-13,15,23,27H,2-3,14H2,1H3. The van der Waals surface area contributed by atoms with Gasteiger partial charge in [0.05, 0.1) is 18.0 Å². The van der Waals surface area contributed by atoms with E-state index in [1.54, 1.807) is 7.11 Å². The number of carbonyl (C=O) groups excluding carboxylic acids is 1. The molecule has 3 aromatic rings. The quantitative estimate of drug-likeness (QED) is 0.562. The Morgan fingerprint density at radius 2 is 1.70 bits per heavy atom. The van der Waals surface area contributed by atoms with Crippen LogP contribution < -0.4 is 9.46 Å². The number of halogens is 2. The third-order valence-electron chi connectivity index (χ3n) is 5.60. The molecule has 1 aliphatic rings. The second kappa shape index (κ2) is 9.19. The predicted molar refractivity (Wildman–Crippen MR) is 120 cm³/mol. The lowest BCUT2D eigenvalue weighted by Gasteiger charge is -2.25. The van der Waals surface area contributed by atoms with Crippen LogP contribution in [0.3, 0.4) is 0 Å². The first-order valence-electron chi connectivity index (χ1n) is 10.3. The fourth-order valence-electron chi connectivity index (χ4n) is 3.89. The van der Waals surface area contributed by atoms with Crippen LogP contribution in [0, 0.1) is 11.6 Å². The lowest BCUT2D eigenvalue weighted by Crippen LogP contribution is -2.30. The molecule has 0 saturated carbocycles. The Balaban J connectivity index is 1.49. The molecule has 1 atom stereocenters. The van der Waals surface area contributed by atoms with Gasteiger partial charge < -0.3 is 9.64 Å². The van der Waals surface area contributed by atoms with E-state index in [0.717, 1.165) is 36.3 Å². The lowest BCUT2D eigenvalue weighted by atomic mass is 10.0. The molecule has 1 unspecified atom stereocenters. The van der Waals surface area contributed by atoms with Crippen molar-refractivity contribution in [3.8, 4) is 5.75 Å². The van der Waals surface area contributed by atoms with Gasteiger partial charge in [-0.3, -0.25) is 9.52 Å². The Kier molecular flexibility index (Phi) is 6.33. The van der Waals surface area contributed by atoms with Crippen molar-refractivity contribution in [2.24, 2.45) is 0 Å². The zero-order valence-corrected chi connectivity index (χ0v) is 18.6. The van der Waals surface area contributed by atoms with Crippen LogP contribution in [-0.4, -0.2) is 32.9 Å². The first-order chi connectivity index (χ1) is 15.8. The van der Waals surface area contributed by atoms with Crippen molar-refractivity contribution in [3.63, 3.8) is 0 Å². The van der Waals surface area contributed by atoms with Crippen LogP contribution in [0.15, 0.2) is 71.6 Å². The topological polar surface area (TPSA) is 75.7 Å². The van der Waals surface area contributed by atoms with Crippen molar-refractivity contribution in [1.29, 1.82) is 0 Å². The lowest BCUT2D eigenvalue weighted by molar-refractivity contribution is 0.0735. The van der Waals surface area contributed by atoms with E-state index in [9.17, 15) is 22.0 Å². The summed E-state index contributed by atoms with van der Waals surface area (Å²) in [5.41, 5.74) is 1.65. The van der Waals surface area contributed by atoms with Gasteiger partial charge in [0.15, 0.2) is 11.6 Å². The smallest absolute Gasteiger partial charge is 0.261 e. The highest BCUT2D eigenvalue weighted by Gasteiger charge is 2.30. The summed E-state index contributed by atoms with van der Waals surface area (Å²) in [5.74, 6) is -1.79. The molecule has 1 fully saturated rings. The van der Waals surface area contributed by atoms with E-state index in [-0.39, 0.29) is 17.6 Å². The molecule has 0 bridgehead atoms. The average molecular weight is 473 g/mol. The molecule has 6 nitrogen and oxygen atoms in total. The molecule has 33 heavy (non-hydrogen) atoms. The SMILES string of the molecule is COc1ccc(C2CCCN2C(=O)c2ccc(NS(=O)(=O)c3ccc(F)c(F)c3)cc2)cc1. The van der Waals surface area contributed by atoms with Crippen LogP contribution in [0.5, 0.6) is 5.75 Å². The maximum absolute atomic E-state index is 13.4. The number of methoxy groups -OCH3 is 1. The van der Waals surface area contributed by atoms with E-state index in [1.807, 2.05) is 29.2 Å². The van der Waals surface area contributed by atoms with Crippen LogP contribution in [0.2, 0.25) is 0 Å². The molecule has 4 rings (SSSR count). The summed E-state index contributed by atoms with van der Waals surface area (Å²) >= 11 is 0. The van der Waals surface area contributed by atoms with Gasteiger partial charge in [-0.05, 0) is 73.0 Å². The molecule has 172 valence electrons. The van der Waals surface area contributed by atoms with E-state index in [4.69, 9.17) is 4.74 Å². The second-order valence-electron chi connectivity index (χ2n) is 7.69. The largest absolute Gasteiger partial charge is 0.497 e. The number of hydrogen-bond acceptors (Lipinski definition) is 4. The van der Waals surface area contributed by atoms with Crippen LogP contribution in [0.4, 0.5) is 14.5 Å². The molecular formula is C24H22F2N2O4S. The van der Waals surface area contributed by atoms with Gasteiger partial charge in [0.1, 0.15) is 5.75 Å². The first kappa shape index (κ1) is 22.7. The Morgan fingerprint density at radius 3 is 2.33 bits per heavy atom. The van der Waals surface area contributed by atoms with Crippen molar-refractivity contribution in [2.75, 3.05) is 18.4 Å². The summed E-state index contributed by atoms with van der Waals surface area (Å²) in [7, 11) is -2.51. The van der Waals surface area contributed by atoms with E-state index in [1.165, 1.54) is 24.3 Å². The fourth-order valence-corrected chi connectivity index (χ4v) is 4.96. The Labute approximate surface area is 190 Å². The minimum atomic E-state index is -4.11. The number of sulfonamides is 1. The van der Waals surface area contributed by atoms with Gasteiger partial charge in [-0.1, -0.05) is 12.1 Å². The van der Waals surface area contributed by atoms with Gasteiger partial charge in [0.25, 0.3) is 15.9 Å². The molecule has 3 aromatic carbocycles.